The Bertz CT molecular complexity index is 747. The summed E-state index contributed by atoms with van der Waals surface area (Å²) in [6.07, 6.45) is 9.41. The van der Waals surface area contributed by atoms with Gasteiger partial charge in [-0.3, -0.25) is 4.79 Å². The van der Waals surface area contributed by atoms with Crippen molar-refractivity contribution in [2.45, 2.75) is 76.9 Å². The van der Waals surface area contributed by atoms with Crippen LogP contribution >= 0.6 is 0 Å². The molecule has 0 atom stereocenters. The minimum absolute atomic E-state index is 0.246. The van der Waals surface area contributed by atoms with Crippen molar-refractivity contribution in [3.05, 3.63) is 29.8 Å². The normalized spacial score (nSPS) is 24.0. The third-order valence-corrected chi connectivity index (χ3v) is 8.94. The molecule has 0 spiro atoms. The number of carbonyl (C=O) groups excluding carboxylic acids is 1. The quantitative estimate of drug-likeness (QED) is 0.657. The fraction of sp³-hybridized carbons (Fsp3) is 0.696. The molecule has 4 nitrogen and oxygen atoms in total. The van der Waals surface area contributed by atoms with Gasteiger partial charge in [0.1, 0.15) is 0 Å². The highest BCUT2D eigenvalue weighted by Crippen LogP contribution is 2.33. The molecular formula is C23H35NO3S. The van der Waals surface area contributed by atoms with Gasteiger partial charge in [-0.15, -0.1) is 0 Å². The van der Waals surface area contributed by atoms with Crippen LogP contribution in [0.3, 0.4) is 0 Å². The van der Waals surface area contributed by atoms with Crippen molar-refractivity contribution >= 4 is 21.4 Å². The minimum Gasteiger partial charge on any atom is -0.312 e. The molecule has 1 aliphatic carbocycles. The smallest absolute Gasteiger partial charge is 0.226 e. The van der Waals surface area contributed by atoms with Crippen LogP contribution < -0.4 is 4.90 Å². The van der Waals surface area contributed by atoms with E-state index >= 15 is 0 Å². The van der Waals surface area contributed by atoms with Crippen LogP contribution in [0.2, 0.25) is 0 Å². The third kappa shape index (κ3) is 5.59. The molecule has 0 N–H and O–H groups in total. The van der Waals surface area contributed by atoms with Gasteiger partial charge < -0.3 is 4.90 Å². The molecule has 5 heteroatoms. The molecule has 1 aromatic carbocycles. The Kier molecular flexibility index (Phi) is 7.19. The number of hydrogen-bond donors (Lipinski definition) is 0. The molecule has 1 saturated heterocycles. The molecule has 1 aliphatic heterocycles. The largest absolute Gasteiger partial charge is 0.312 e. The summed E-state index contributed by atoms with van der Waals surface area (Å²) in [5.74, 6) is 1.68. The molecule has 0 bridgehead atoms. The van der Waals surface area contributed by atoms with Gasteiger partial charge >= 0.3 is 0 Å². The van der Waals surface area contributed by atoms with Crippen molar-refractivity contribution < 1.29 is 13.2 Å². The van der Waals surface area contributed by atoms with E-state index in [-0.39, 0.29) is 11.2 Å². The summed E-state index contributed by atoms with van der Waals surface area (Å²) >= 11 is 0. The number of piperidine rings is 1. The number of nitrogens with zero attached hydrogens (tertiary/aromatic N) is 1. The molecule has 1 aromatic rings. The lowest BCUT2D eigenvalue weighted by atomic mass is 9.80. The fourth-order valence-corrected chi connectivity index (χ4v) is 5.88. The number of benzene rings is 1. The van der Waals surface area contributed by atoms with E-state index in [4.69, 9.17) is 0 Å². The summed E-state index contributed by atoms with van der Waals surface area (Å²) in [4.78, 5) is 14.0. The lowest BCUT2D eigenvalue weighted by molar-refractivity contribution is -0.119. The molecule has 28 heavy (non-hydrogen) atoms. The number of aryl methyl sites for hydroxylation is 1. The van der Waals surface area contributed by atoms with Crippen LogP contribution in [0.5, 0.6) is 0 Å². The van der Waals surface area contributed by atoms with Crippen molar-refractivity contribution in [1.82, 2.24) is 0 Å². The van der Waals surface area contributed by atoms with E-state index in [2.05, 4.69) is 24.3 Å². The van der Waals surface area contributed by atoms with Crippen molar-refractivity contribution in [3.8, 4) is 0 Å². The predicted octanol–water partition coefficient (Wildman–Crippen LogP) is 4.77. The SMILES string of the molecule is CC(C)S(=O)(=O)CC1CCC(CCc2ccc(N3CCCCC3=O)cc2)CC1. The van der Waals surface area contributed by atoms with E-state index in [1.165, 1.54) is 12.0 Å². The van der Waals surface area contributed by atoms with Crippen LogP contribution in [0.4, 0.5) is 5.69 Å². The minimum atomic E-state index is -2.92. The maximum atomic E-state index is 12.1. The second-order valence-corrected chi connectivity index (χ2v) is 11.6. The number of sulfone groups is 1. The number of hydrogen-bond acceptors (Lipinski definition) is 3. The van der Waals surface area contributed by atoms with Gasteiger partial charge in [-0.1, -0.05) is 25.0 Å². The number of rotatable bonds is 7. The van der Waals surface area contributed by atoms with Crippen LogP contribution in [-0.4, -0.2) is 31.9 Å². The zero-order valence-electron chi connectivity index (χ0n) is 17.4. The Balaban J connectivity index is 1.43. The lowest BCUT2D eigenvalue weighted by Crippen LogP contribution is -2.35. The third-order valence-electron chi connectivity index (χ3n) is 6.57. The molecule has 156 valence electrons. The van der Waals surface area contributed by atoms with E-state index in [9.17, 15) is 13.2 Å². The van der Waals surface area contributed by atoms with E-state index in [0.717, 1.165) is 57.2 Å². The highest BCUT2D eigenvalue weighted by atomic mass is 32.2. The van der Waals surface area contributed by atoms with E-state index in [1.807, 2.05) is 4.90 Å². The Hall–Kier alpha value is -1.36. The fourth-order valence-electron chi connectivity index (χ4n) is 4.50. The summed E-state index contributed by atoms with van der Waals surface area (Å²) in [7, 11) is -2.92. The van der Waals surface area contributed by atoms with Crippen LogP contribution in [0.25, 0.3) is 0 Å². The highest BCUT2D eigenvalue weighted by Gasteiger charge is 2.27. The number of carbonyl (C=O) groups is 1. The van der Waals surface area contributed by atoms with Crippen molar-refractivity contribution in [2.75, 3.05) is 17.2 Å². The molecular weight excluding hydrogens is 370 g/mol. The van der Waals surface area contributed by atoms with Gasteiger partial charge in [-0.2, -0.15) is 0 Å². The Morgan fingerprint density at radius 3 is 2.25 bits per heavy atom. The van der Waals surface area contributed by atoms with Gasteiger partial charge in [0.2, 0.25) is 5.91 Å². The topological polar surface area (TPSA) is 54.5 Å². The lowest BCUT2D eigenvalue weighted by Gasteiger charge is -2.29. The van der Waals surface area contributed by atoms with Crippen LogP contribution in [0, 0.1) is 11.8 Å². The van der Waals surface area contributed by atoms with Crippen LogP contribution in [0.15, 0.2) is 24.3 Å². The van der Waals surface area contributed by atoms with Gasteiger partial charge in [0.25, 0.3) is 0 Å². The van der Waals surface area contributed by atoms with Crippen LogP contribution in [-0.2, 0) is 21.1 Å². The van der Waals surface area contributed by atoms with Gasteiger partial charge in [-0.05, 0) is 81.9 Å². The standard InChI is InChI=1S/C23H35NO3S/c1-18(2)28(26,27)17-21-10-8-19(9-11-21)6-7-20-12-14-22(15-13-20)24-16-4-3-5-23(24)25/h12-15,18-19,21H,3-11,16-17H2,1-2H3. The highest BCUT2D eigenvalue weighted by molar-refractivity contribution is 7.91. The molecule has 2 aliphatic rings. The molecule has 1 saturated carbocycles. The van der Waals surface area contributed by atoms with Gasteiger partial charge in [0.05, 0.1) is 11.0 Å². The maximum absolute atomic E-state index is 12.1. The summed E-state index contributed by atoms with van der Waals surface area (Å²) in [5, 5.41) is -0.256. The summed E-state index contributed by atoms with van der Waals surface area (Å²) < 4.78 is 24.3. The predicted molar refractivity (Wildman–Crippen MR) is 115 cm³/mol. The summed E-state index contributed by atoms with van der Waals surface area (Å²) in [6.45, 7) is 4.41. The molecule has 3 rings (SSSR count). The van der Waals surface area contributed by atoms with E-state index in [1.54, 1.807) is 13.8 Å². The first-order valence-corrected chi connectivity index (χ1v) is 12.7. The molecule has 0 unspecified atom stereocenters. The Labute approximate surface area is 170 Å². The monoisotopic (exact) mass is 405 g/mol. The summed E-state index contributed by atoms with van der Waals surface area (Å²) in [5.41, 5.74) is 2.36. The van der Waals surface area contributed by atoms with E-state index in [0.29, 0.717) is 24.0 Å². The van der Waals surface area contributed by atoms with Gasteiger partial charge in [0, 0.05) is 18.7 Å². The first-order chi connectivity index (χ1) is 13.3. The van der Waals surface area contributed by atoms with Gasteiger partial charge in [0.15, 0.2) is 9.84 Å². The number of anilines is 1. The van der Waals surface area contributed by atoms with E-state index < -0.39 is 9.84 Å². The molecule has 1 heterocycles. The van der Waals surface area contributed by atoms with Crippen molar-refractivity contribution in [3.63, 3.8) is 0 Å². The second kappa shape index (κ2) is 9.43. The van der Waals surface area contributed by atoms with Crippen LogP contribution in [0.1, 0.15) is 70.8 Å². The first-order valence-electron chi connectivity index (χ1n) is 11.0. The molecule has 0 aromatic heterocycles. The number of amides is 1. The molecule has 0 radical (unpaired) electrons. The van der Waals surface area contributed by atoms with Crippen molar-refractivity contribution in [1.29, 1.82) is 0 Å². The Morgan fingerprint density at radius 1 is 1.00 bits per heavy atom. The summed E-state index contributed by atoms with van der Waals surface area (Å²) in [6, 6.07) is 8.51. The molecule has 1 amide bonds. The van der Waals surface area contributed by atoms with Gasteiger partial charge in [-0.25, -0.2) is 8.42 Å². The van der Waals surface area contributed by atoms with Crippen molar-refractivity contribution in [2.24, 2.45) is 11.8 Å². The second-order valence-electron chi connectivity index (χ2n) is 8.97. The molecule has 2 fully saturated rings. The zero-order valence-corrected chi connectivity index (χ0v) is 18.2. The average molecular weight is 406 g/mol. The maximum Gasteiger partial charge on any atom is 0.226 e. The zero-order chi connectivity index (χ0) is 20.1. The first kappa shape index (κ1) is 21.4. The Morgan fingerprint density at radius 2 is 1.64 bits per heavy atom. The average Bonchev–Trinajstić information content (AvgIpc) is 2.68.